The Balaban J connectivity index is 1.94. The first-order valence-electron chi connectivity index (χ1n) is 9.07. The van der Waals surface area contributed by atoms with Gasteiger partial charge in [0, 0.05) is 5.56 Å². The molecule has 0 bridgehead atoms. The summed E-state index contributed by atoms with van der Waals surface area (Å²) in [6.45, 7) is 0. The molecule has 0 aliphatic carbocycles. The Kier molecular flexibility index (Phi) is 4.08. The van der Waals surface area contributed by atoms with E-state index in [1.165, 1.54) is 30.3 Å². The van der Waals surface area contributed by atoms with Crippen molar-refractivity contribution in [2.75, 3.05) is 0 Å². The number of ketones is 1. The summed E-state index contributed by atoms with van der Waals surface area (Å²) in [7, 11) is -5.16. The smallest absolute Gasteiger partial charge is 0.338 e. The highest BCUT2D eigenvalue weighted by Crippen LogP contribution is 2.33. The lowest BCUT2D eigenvalue weighted by Gasteiger charge is -2.11. The molecule has 1 heterocycles. The standard InChI is InChI=1S/C18H14FNO7S/c19-13-8-11(6-7-12(13)18(22)23)15-14(21)16(17(20)26-15)27-28(24,25)9-10-4-2-1-3-5-10/h1-8,15H,9,20H2,(H,22,23)/i9D2,15D. The van der Waals surface area contributed by atoms with Crippen LogP contribution in [0.3, 0.4) is 0 Å². The molecule has 3 N–H and O–H groups in total. The summed E-state index contributed by atoms with van der Waals surface area (Å²) in [4.78, 5) is 23.6. The molecule has 0 fully saturated rings. The van der Waals surface area contributed by atoms with Gasteiger partial charge in [-0.3, -0.25) is 4.79 Å². The van der Waals surface area contributed by atoms with Gasteiger partial charge in [0.1, 0.15) is 11.5 Å². The summed E-state index contributed by atoms with van der Waals surface area (Å²) in [5.74, 6) is -6.39. The van der Waals surface area contributed by atoms with Crippen LogP contribution < -0.4 is 5.73 Å². The zero-order valence-electron chi connectivity index (χ0n) is 16.9. The number of benzene rings is 2. The second-order valence-corrected chi connectivity index (χ2v) is 6.74. The van der Waals surface area contributed by atoms with Gasteiger partial charge in [0.05, 0.1) is 9.68 Å². The van der Waals surface area contributed by atoms with Crippen LogP contribution in [0.25, 0.3) is 0 Å². The van der Waals surface area contributed by atoms with E-state index in [9.17, 15) is 22.4 Å². The Morgan fingerprint density at radius 2 is 2.00 bits per heavy atom. The van der Waals surface area contributed by atoms with Crippen molar-refractivity contribution in [2.24, 2.45) is 5.73 Å². The number of nitrogens with two attached hydrogens (primary N) is 1. The average Bonchev–Trinajstić information content (AvgIpc) is 2.92. The van der Waals surface area contributed by atoms with E-state index in [0.717, 1.165) is 12.1 Å². The number of halogens is 1. The third kappa shape index (κ3) is 3.96. The van der Waals surface area contributed by atoms with Crippen LogP contribution in [0.4, 0.5) is 4.39 Å². The van der Waals surface area contributed by atoms with Crippen molar-refractivity contribution in [1.29, 1.82) is 0 Å². The summed E-state index contributed by atoms with van der Waals surface area (Å²) in [6, 6.07) is 8.97. The first-order chi connectivity index (χ1) is 14.3. The molecular formula is C18H14FNO7S. The van der Waals surface area contributed by atoms with Crippen LogP contribution in [0, 0.1) is 5.82 Å². The molecule has 10 heteroatoms. The zero-order valence-corrected chi connectivity index (χ0v) is 14.7. The van der Waals surface area contributed by atoms with Crippen LogP contribution in [0.1, 0.15) is 31.7 Å². The number of carboxylic acid groups (broad SMARTS) is 1. The second-order valence-electron chi connectivity index (χ2n) is 5.46. The molecule has 3 rings (SSSR count). The van der Waals surface area contributed by atoms with Crippen molar-refractivity contribution >= 4 is 21.9 Å². The van der Waals surface area contributed by atoms with Gasteiger partial charge in [-0.25, -0.2) is 9.18 Å². The van der Waals surface area contributed by atoms with Crippen molar-refractivity contribution in [1.82, 2.24) is 0 Å². The van der Waals surface area contributed by atoms with E-state index in [1.54, 1.807) is 0 Å². The van der Waals surface area contributed by atoms with E-state index >= 15 is 0 Å². The van der Waals surface area contributed by atoms with Crippen molar-refractivity contribution in [3.8, 4) is 0 Å². The van der Waals surface area contributed by atoms with E-state index in [2.05, 4.69) is 4.18 Å². The SMILES string of the molecule is [2H]C1(c2ccc(C(=O)O)c(F)c2)OC(N)=C(OS(=O)(=O)C([2H])([2H])c2ccccc2)C1=O. The predicted molar refractivity (Wildman–Crippen MR) is 93.6 cm³/mol. The molecule has 0 radical (unpaired) electrons. The number of hydrogen-bond acceptors (Lipinski definition) is 7. The number of rotatable bonds is 6. The molecule has 1 atom stereocenters. The van der Waals surface area contributed by atoms with Crippen molar-refractivity contribution in [3.05, 3.63) is 82.7 Å². The minimum absolute atomic E-state index is 0.288. The van der Waals surface area contributed by atoms with Crippen LogP contribution >= 0.6 is 0 Å². The van der Waals surface area contributed by atoms with Crippen LogP contribution in [0.2, 0.25) is 0 Å². The summed E-state index contributed by atoms with van der Waals surface area (Å²) in [5.41, 5.74) is 0.914. The Hall–Kier alpha value is -3.40. The lowest BCUT2D eigenvalue weighted by molar-refractivity contribution is -0.123. The third-order valence-electron chi connectivity index (χ3n) is 3.52. The van der Waals surface area contributed by atoms with Gasteiger partial charge >= 0.3 is 16.1 Å². The number of carboxylic acids is 1. The molecule has 1 unspecified atom stereocenters. The van der Waals surface area contributed by atoms with E-state index in [4.69, 9.17) is 19.7 Å². The van der Waals surface area contributed by atoms with Gasteiger partial charge in [-0.05, 0) is 17.7 Å². The van der Waals surface area contributed by atoms with Crippen LogP contribution in [-0.2, 0) is 29.5 Å². The first kappa shape index (κ1) is 15.6. The van der Waals surface area contributed by atoms with Gasteiger partial charge in [-0.15, -0.1) is 0 Å². The Morgan fingerprint density at radius 3 is 2.61 bits per heavy atom. The topological polar surface area (TPSA) is 133 Å². The molecule has 0 amide bonds. The number of Topliss-reactive ketones (excluding diaryl/α,β-unsaturated/α-hetero) is 1. The normalized spacial score (nSPS) is 21.5. The average molecular weight is 410 g/mol. The van der Waals surface area contributed by atoms with Gasteiger partial charge < -0.3 is 19.8 Å². The fourth-order valence-corrected chi connectivity index (χ4v) is 3.14. The van der Waals surface area contributed by atoms with E-state index in [0.29, 0.717) is 6.07 Å². The molecule has 0 spiro atoms. The van der Waals surface area contributed by atoms with E-state index < -0.39 is 62.2 Å². The summed E-state index contributed by atoms with van der Waals surface area (Å²) in [5, 5.41) is 8.88. The highest BCUT2D eigenvalue weighted by Gasteiger charge is 2.40. The van der Waals surface area contributed by atoms with Crippen LogP contribution in [-0.4, -0.2) is 25.3 Å². The molecule has 0 saturated heterocycles. The lowest BCUT2D eigenvalue weighted by Crippen LogP contribution is -2.16. The first-order valence-corrected chi connectivity index (χ1v) is 8.98. The molecular weight excluding hydrogens is 393 g/mol. The quantitative estimate of drug-likeness (QED) is 0.689. The maximum atomic E-state index is 14.0. The molecule has 0 aromatic heterocycles. The van der Waals surface area contributed by atoms with Crippen LogP contribution in [0.5, 0.6) is 0 Å². The van der Waals surface area contributed by atoms with Gasteiger partial charge in [0.2, 0.25) is 17.4 Å². The summed E-state index contributed by atoms with van der Waals surface area (Å²) in [6.07, 6.45) is -2.77. The Morgan fingerprint density at radius 1 is 1.32 bits per heavy atom. The van der Waals surface area contributed by atoms with Crippen molar-refractivity contribution in [3.63, 3.8) is 0 Å². The lowest BCUT2D eigenvalue weighted by atomic mass is 10.0. The molecule has 0 saturated carbocycles. The highest BCUT2D eigenvalue weighted by atomic mass is 32.2. The van der Waals surface area contributed by atoms with Gasteiger partial charge in [0.15, 0.2) is 6.08 Å². The fourth-order valence-electron chi connectivity index (χ4n) is 2.30. The largest absolute Gasteiger partial charge is 0.478 e. The van der Waals surface area contributed by atoms with Crippen molar-refractivity contribution in [2.45, 2.75) is 11.8 Å². The van der Waals surface area contributed by atoms with Gasteiger partial charge in [-0.1, -0.05) is 36.4 Å². The summed E-state index contributed by atoms with van der Waals surface area (Å²) >= 11 is 0. The molecule has 1 aliphatic rings. The highest BCUT2D eigenvalue weighted by molar-refractivity contribution is 7.86. The molecule has 28 heavy (non-hydrogen) atoms. The monoisotopic (exact) mass is 410 g/mol. The number of carbonyl (C=O) groups is 2. The molecule has 2 aromatic rings. The maximum absolute atomic E-state index is 14.0. The molecule has 8 nitrogen and oxygen atoms in total. The Labute approximate surface area is 163 Å². The number of aromatic carboxylic acids is 1. The molecule has 2 aromatic carbocycles. The molecule has 1 aliphatic heterocycles. The number of ether oxygens (including phenoxy) is 1. The van der Waals surface area contributed by atoms with E-state index in [1.807, 2.05) is 0 Å². The molecule has 146 valence electrons. The third-order valence-corrected chi connectivity index (χ3v) is 4.39. The maximum Gasteiger partial charge on any atom is 0.338 e. The predicted octanol–water partition coefficient (Wildman–Crippen LogP) is 1.84. The minimum atomic E-state index is -5.16. The Bertz CT molecular complexity index is 1220. The van der Waals surface area contributed by atoms with Gasteiger partial charge in [0.25, 0.3) is 0 Å². The van der Waals surface area contributed by atoms with E-state index in [-0.39, 0.29) is 5.56 Å². The fraction of sp³-hybridized carbons (Fsp3) is 0.111. The zero-order chi connectivity index (χ0) is 23.2. The van der Waals surface area contributed by atoms with Crippen molar-refractivity contribution < 1.29 is 40.5 Å². The number of carbonyl (C=O) groups excluding carboxylic acids is 1. The number of hydrogen-bond donors (Lipinski definition) is 2. The second kappa shape index (κ2) is 7.31. The summed E-state index contributed by atoms with van der Waals surface area (Å²) < 4.78 is 72.7. The van der Waals surface area contributed by atoms with Gasteiger partial charge in [-0.2, -0.15) is 8.42 Å². The van der Waals surface area contributed by atoms with Crippen LogP contribution in [0.15, 0.2) is 60.2 Å². The minimum Gasteiger partial charge on any atom is -0.478 e.